The molecule has 0 aromatic heterocycles. The Morgan fingerprint density at radius 3 is 2.78 bits per heavy atom. The Balaban J connectivity index is 1.71. The van der Waals surface area contributed by atoms with Crippen LogP contribution in [0.1, 0.15) is 27.6 Å². The lowest BCUT2D eigenvalue weighted by molar-refractivity contribution is 0.0766. The van der Waals surface area contributed by atoms with Crippen molar-refractivity contribution < 1.29 is 9.18 Å². The number of halogens is 2. The summed E-state index contributed by atoms with van der Waals surface area (Å²) >= 11 is 7.68. The Morgan fingerprint density at radius 1 is 1.17 bits per heavy atom. The fourth-order valence-electron chi connectivity index (χ4n) is 2.76. The van der Waals surface area contributed by atoms with Crippen LogP contribution in [0, 0.1) is 5.82 Å². The second kappa shape index (κ2) is 7.37. The first-order valence-electron chi connectivity index (χ1n) is 7.56. The van der Waals surface area contributed by atoms with Gasteiger partial charge in [0.05, 0.1) is 0 Å². The molecule has 0 saturated carbocycles. The van der Waals surface area contributed by atoms with Crippen molar-refractivity contribution in [3.05, 3.63) is 70.5 Å². The fourth-order valence-corrected chi connectivity index (χ4v) is 4.21. The summed E-state index contributed by atoms with van der Waals surface area (Å²) in [6, 6.07) is 13.9. The van der Waals surface area contributed by atoms with E-state index in [0.29, 0.717) is 23.7 Å². The highest BCUT2D eigenvalue weighted by atomic mass is 35.5. The second-order valence-corrected chi connectivity index (χ2v) is 7.22. The molecule has 0 unspecified atom stereocenters. The molecule has 2 nitrogen and oxygen atoms in total. The van der Waals surface area contributed by atoms with Crippen molar-refractivity contribution in [2.75, 3.05) is 18.8 Å². The number of carbonyl (C=O) groups excluding carboxylic acids is 1. The molecule has 1 atom stereocenters. The van der Waals surface area contributed by atoms with Gasteiger partial charge in [-0.25, -0.2) is 4.39 Å². The number of nitrogens with zero attached hydrogens (tertiary/aromatic N) is 1. The molecule has 3 rings (SSSR count). The largest absolute Gasteiger partial charge is 0.338 e. The molecule has 1 saturated heterocycles. The molecule has 1 amide bonds. The smallest absolute Gasteiger partial charge is 0.253 e. The first-order valence-corrected chi connectivity index (χ1v) is 8.98. The van der Waals surface area contributed by atoms with E-state index in [1.54, 1.807) is 42.1 Å². The molecule has 0 N–H and O–H groups in total. The van der Waals surface area contributed by atoms with E-state index in [2.05, 4.69) is 0 Å². The van der Waals surface area contributed by atoms with Crippen LogP contribution in [0.15, 0.2) is 48.5 Å². The summed E-state index contributed by atoms with van der Waals surface area (Å²) in [7, 11) is 0. The zero-order valence-electron chi connectivity index (χ0n) is 12.5. The molecule has 1 fully saturated rings. The molecule has 1 aliphatic heterocycles. The van der Waals surface area contributed by atoms with Gasteiger partial charge in [0.2, 0.25) is 0 Å². The van der Waals surface area contributed by atoms with E-state index in [1.807, 2.05) is 17.0 Å². The molecule has 1 aliphatic rings. The van der Waals surface area contributed by atoms with Crippen LogP contribution < -0.4 is 0 Å². The Kier molecular flexibility index (Phi) is 5.23. The summed E-state index contributed by atoms with van der Waals surface area (Å²) in [6.45, 7) is 1.29. The van der Waals surface area contributed by atoms with Gasteiger partial charge in [0.15, 0.2) is 0 Å². The van der Waals surface area contributed by atoms with Gasteiger partial charge in [-0.15, -0.1) is 0 Å². The van der Waals surface area contributed by atoms with Crippen LogP contribution in [-0.2, 0) is 0 Å². The van der Waals surface area contributed by atoms with Gasteiger partial charge in [-0.2, -0.15) is 11.8 Å². The Hall–Kier alpha value is -1.52. The number of amides is 1. The average molecular weight is 350 g/mol. The minimum Gasteiger partial charge on any atom is -0.338 e. The summed E-state index contributed by atoms with van der Waals surface area (Å²) in [5.41, 5.74) is 1.33. The SMILES string of the molecule is O=C(c1cccc(Cl)c1)N1CCS[C@H](c2ccccc2F)CC1. The van der Waals surface area contributed by atoms with Crippen molar-refractivity contribution in [1.82, 2.24) is 4.90 Å². The van der Waals surface area contributed by atoms with E-state index in [0.717, 1.165) is 17.7 Å². The van der Waals surface area contributed by atoms with Gasteiger partial charge in [0.1, 0.15) is 5.82 Å². The normalized spacial score (nSPS) is 18.5. The van der Waals surface area contributed by atoms with Gasteiger partial charge in [-0.3, -0.25) is 4.79 Å². The fraction of sp³-hybridized carbons (Fsp3) is 0.278. The van der Waals surface area contributed by atoms with Gasteiger partial charge >= 0.3 is 0 Å². The molecule has 2 aromatic carbocycles. The van der Waals surface area contributed by atoms with Crippen molar-refractivity contribution in [2.45, 2.75) is 11.7 Å². The topological polar surface area (TPSA) is 20.3 Å². The molecule has 5 heteroatoms. The maximum Gasteiger partial charge on any atom is 0.253 e. The average Bonchev–Trinajstić information content (AvgIpc) is 2.80. The number of thioether (sulfide) groups is 1. The van der Waals surface area contributed by atoms with Crippen LogP contribution in [0.2, 0.25) is 5.02 Å². The second-order valence-electron chi connectivity index (χ2n) is 5.47. The van der Waals surface area contributed by atoms with Crippen LogP contribution >= 0.6 is 23.4 Å². The lowest BCUT2D eigenvalue weighted by Crippen LogP contribution is -2.32. The van der Waals surface area contributed by atoms with E-state index in [9.17, 15) is 9.18 Å². The Labute approximate surface area is 144 Å². The molecule has 120 valence electrons. The van der Waals surface area contributed by atoms with Gasteiger partial charge in [-0.05, 0) is 30.7 Å². The van der Waals surface area contributed by atoms with E-state index >= 15 is 0 Å². The van der Waals surface area contributed by atoms with Crippen LogP contribution in [0.25, 0.3) is 0 Å². The van der Waals surface area contributed by atoms with E-state index in [-0.39, 0.29) is 17.0 Å². The van der Waals surface area contributed by atoms with Crippen molar-refractivity contribution in [3.63, 3.8) is 0 Å². The lowest BCUT2D eigenvalue weighted by atomic mass is 10.1. The summed E-state index contributed by atoms with van der Waals surface area (Å²) in [5.74, 6) is 0.618. The Bertz CT molecular complexity index is 709. The number of benzene rings is 2. The molecule has 23 heavy (non-hydrogen) atoms. The maximum atomic E-state index is 14.0. The van der Waals surface area contributed by atoms with Crippen molar-refractivity contribution in [2.24, 2.45) is 0 Å². The number of hydrogen-bond acceptors (Lipinski definition) is 2. The van der Waals surface area contributed by atoms with Crippen LogP contribution in [0.5, 0.6) is 0 Å². The monoisotopic (exact) mass is 349 g/mol. The predicted molar refractivity (Wildman–Crippen MR) is 93.6 cm³/mol. The summed E-state index contributed by atoms with van der Waals surface area (Å²) in [6.07, 6.45) is 0.748. The minimum absolute atomic E-state index is 0.0118. The molecule has 1 heterocycles. The zero-order chi connectivity index (χ0) is 16.2. The minimum atomic E-state index is -0.167. The first-order chi connectivity index (χ1) is 11.1. The molecule has 2 aromatic rings. The third kappa shape index (κ3) is 3.88. The van der Waals surface area contributed by atoms with Gasteiger partial charge in [0, 0.05) is 40.2 Å². The van der Waals surface area contributed by atoms with Crippen LogP contribution in [-0.4, -0.2) is 29.6 Å². The van der Waals surface area contributed by atoms with E-state index in [4.69, 9.17) is 11.6 Å². The highest BCUT2D eigenvalue weighted by Crippen LogP contribution is 2.35. The van der Waals surface area contributed by atoms with Crippen molar-refractivity contribution in [1.29, 1.82) is 0 Å². The summed E-state index contributed by atoms with van der Waals surface area (Å²) in [4.78, 5) is 14.4. The van der Waals surface area contributed by atoms with Crippen LogP contribution in [0.3, 0.4) is 0 Å². The third-order valence-electron chi connectivity index (χ3n) is 3.95. The lowest BCUT2D eigenvalue weighted by Gasteiger charge is -2.20. The van der Waals surface area contributed by atoms with Crippen molar-refractivity contribution in [3.8, 4) is 0 Å². The molecule has 0 spiro atoms. The predicted octanol–water partition coefficient (Wildman–Crippen LogP) is 4.80. The number of rotatable bonds is 2. The summed E-state index contributed by atoms with van der Waals surface area (Å²) < 4.78 is 14.0. The van der Waals surface area contributed by atoms with E-state index < -0.39 is 0 Å². The number of carbonyl (C=O) groups is 1. The highest BCUT2D eigenvalue weighted by molar-refractivity contribution is 7.99. The highest BCUT2D eigenvalue weighted by Gasteiger charge is 2.24. The van der Waals surface area contributed by atoms with Crippen LogP contribution in [0.4, 0.5) is 4.39 Å². The maximum absolute atomic E-state index is 14.0. The zero-order valence-corrected chi connectivity index (χ0v) is 14.1. The van der Waals surface area contributed by atoms with E-state index in [1.165, 1.54) is 6.07 Å². The third-order valence-corrected chi connectivity index (χ3v) is 5.50. The quantitative estimate of drug-likeness (QED) is 0.776. The Morgan fingerprint density at radius 2 is 2.00 bits per heavy atom. The molecule has 0 aliphatic carbocycles. The molecule has 0 bridgehead atoms. The first kappa shape index (κ1) is 16.3. The standard InChI is InChI=1S/C18H17ClFNOS/c19-14-5-3-4-13(12-14)18(22)21-9-8-17(23-11-10-21)15-6-1-2-7-16(15)20/h1-7,12,17H,8-11H2/t17-/m0/s1. The molecular weight excluding hydrogens is 333 g/mol. The van der Waals surface area contributed by atoms with Gasteiger partial charge in [0.25, 0.3) is 5.91 Å². The van der Waals surface area contributed by atoms with Gasteiger partial charge < -0.3 is 4.90 Å². The summed E-state index contributed by atoms with van der Waals surface area (Å²) in [5, 5.41) is 0.651. The molecule has 0 radical (unpaired) electrons. The molecular formula is C18H17ClFNOS. The van der Waals surface area contributed by atoms with Gasteiger partial charge in [-0.1, -0.05) is 35.9 Å². The number of hydrogen-bond donors (Lipinski definition) is 0. The van der Waals surface area contributed by atoms with Crippen molar-refractivity contribution >= 4 is 29.3 Å².